The Morgan fingerprint density at radius 3 is 2.67 bits per heavy atom. The summed E-state index contributed by atoms with van der Waals surface area (Å²) in [4.78, 5) is 11.6. The molecule has 18 heavy (non-hydrogen) atoms. The number of hydrogen-bond acceptors (Lipinski definition) is 2. The molecule has 7 heteroatoms. The first-order valence-corrected chi connectivity index (χ1v) is 5.96. The molecule has 0 aromatic carbocycles. The molecule has 1 aliphatic rings. The fourth-order valence-corrected chi connectivity index (χ4v) is 2.01. The molecule has 0 aliphatic carbocycles. The highest BCUT2D eigenvalue weighted by Crippen LogP contribution is 2.21. The van der Waals surface area contributed by atoms with Gasteiger partial charge in [-0.3, -0.25) is 4.79 Å². The quantitative estimate of drug-likeness (QED) is 0.779. The predicted octanol–water partition coefficient (Wildman–Crippen LogP) is 2.26. The second kappa shape index (κ2) is 7.84. The molecule has 1 aliphatic heterocycles. The van der Waals surface area contributed by atoms with Crippen molar-refractivity contribution in [2.24, 2.45) is 5.92 Å². The number of alkyl halides is 3. The Balaban J connectivity index is 0.00000289. The van der Waals surface area contributed by atoms with Gasteiger partial charge in [-0.05, 0) is 32.7 Å². The SMILES string of the molecule is C[C@H]1C[C@@H](C(=O)NCCCC(F)(F)F)CCN1.Cl. The third-order valence-electron chi connectivity index (χ3n) is 2.93. The molecule has 1 heterocycles. The van der Waals surface area contributed by atoms with E-state index in [4.69, 9.17) is 0 Å². The standard InChI is InChI=1S/C11H19F3N2O.ClH/c1-8-7-9(3-6-15-8)10(17)16-5-2-4-11(12,13)14;/h8-9,15H,2-7H2,1H3,(H,16,17);1H/t8-,9-;/m0./s1. The summed E-state index contributed by atoms with van der Waals surface area (Å²) in [6, 6.07) is 0.301. The second-order valence-corrected chi connectivity index (χ2v) is 4.59. The highest BCUT2D eigenvalue weighted by molar-refractivity contribution is 5.85. The number of nitrogens with one attached hydrogen (secondary N) is 2. The first-order chi connectivity index (χ1) is 7.88. The molecule has 1 rings (SSSR count). The van der Waals surface area contributed by atoms with Crippen molar-refractivity contribution in [3.05, 3.63) is 0 Å². The third-order valence-corrected chi connectivity index (χ3v) is 2.93. The summed E-state index contributed by atoms with van der Waals surface area (Å²) in [5.74, 6) is -0.169. The van der Waals surface area contributed by atoms with Crippen LogP contribution in [0.4, 0.5) is 13.2 Å². The third kappa shape index (κ3) is 7.06. The monoisotopic (exact) mass is 288 g/mol. The van der Waals surface area contributed by atoms with Crippen LogP contribution in [0.5, 0.6) is 0 Å². The molecule has 0 unspecified atom stereocenters. The first-order valence-electron chi connectivity index (χ1n) is 5.96. The molecule has 0 spiro atoms. The summed E-state index contributed by atoms with van der Waals surface area (Å²) in [5, 5.41) is 5.80. The summed E-state index contributed by atoms with van der Waals surface area (Å²) in [6.45, 7) is 2.90. The van der Waals surface area contributed by atoms with Crippen molar-refractivity contribution in [1.82, 2.24) is 10.6 Å². The normalized spacial score (nSPS) is 24.2. The Bertz CT molecular complexity index is 261. The summed E-state index contributed by atoms with van der Waals surface area (Å²) in [5.41, 5.74) is 0. The van der Waals surface area contributed by atoms with Crippen molar-refractivity contribution < 1.29 is 18.0 Å². The van der Waals surface area contributed by atoms with E-state index in [-0.39, 0.29) is 37.2 Å². The minimum atomic E-state index is -4.13. The number of halogens is 4. The zero-order valence-corrected chi connectivity index (χ0v) is 11.2. The van der Waals surface area contributed by atoms with Crippen molar-refractivity contribution >= 4 is 18.3 Å². The minimum Gasteiger partial charge on any atom is -0.356 e. The van der Waals surface area contributed by atoms with Gasteiger partial charge in [-0.25, -0.2) is 0 Å². The Morgan fingerprint density at radius 1 is 1.44 bits per heavy atom. The average Bonchev–Trinajstić information content (AvgIpc) is 2.23. The van der Waals surface area contributed by atoms with E-state index < -0.39 is 12.6 Å². The number of amides is 1. The van der Waals surface area contributed by atoms with E-state index in [9.17, 15) is 18.0 Å². The van der Waals surface area contributed by atoms with Crippen LogP contribution in [0, 0.1) is 5.92 Å². The maximum absolute atomic E-state index is 11.9. The first kappa shape index (κ1) is 17.5. The molecule has 108 valence electrons. The van der Waals surface area contributed by atoms with Gasteiger partial charge in [-0.15, -0.1) is 12.4 Å². The lowest BCUT2D eigenvalue weighted by molar-refractivity contribution is -0.136. The van der Waals surface area contributed by atoms with Crippen LogP contribution in [0.25, 0.3) is 0 Å². The molecular formula is C11H20ClF3N2O. The molecule has 0 saturated carbocycles. The van der Waals surface area contributed by atoms with Crippen LogP contribution in [0.3, 0.4) is 0 Å². The fraction of sp³-hybridized carbons (Fsp3) is 0.909. The maximum Gasteiger partial charge on any atom is 0.389 e. The van der Waals surface area contributed by atoms with E-state index in [2.05, 4.69) is 10.6 Å². The number of rotatable bonds is 4. The van der Waals surface area contributed by atoms with E-state index in [1.807, 2.05) is 6.92 Å². The molecule has 0 bridgehead atoms. The van der Waals surface area contributed by atoms with Crippen LogP contribution in [0.2, 0.25) is 0 Å². The van der Waals surface area contributed by atoms with E-state index >= 15 is 0 Å². The second-order valence-electron chi connectivity index (χ2n) is 4.59. The molecule has 0 aromatic rings. The Morgan fingerprint density at radius 2 is 2.11 bits per heavy atom. The van der Waals surface area contributed by atoms with Crippen LogP contribution >= 0.6 is 12.4 Å². The highest BCUT2D eigenvalue weighted by atomic mass is 35.5. The van der Waals surface area contributed by atoms with Gasteiger partial charge in [0, 0.05) is 24.9 Å². The molecule has 1 fully saturated rings. The number of hydrogen-bond donors (Lipinski definition) is 2. The van der Waals surface area contributed by atoms with Gasteiger partial charge in [0.25, 0.3) is 0 Å². The smallest absolute Gasteiger partial charge is 0.356 e. The lowest BCUT2D eigenvalue weighted by Gasteiger charge is -2.27. The van der Waals surface area contributed by atoms with Crippen LogP contribution in [0.15, 0.2) is 0 Å². The molecule has 1 amide bonds. The van der Waals surface area contributed by atoms with E-state index in [0.29, 0.717) is 6.04 Å². The van der Waals surface area contributed by atoms with E-state index in [1.54, 1.807) is 0 Å². The van der Waals surface area contributed by atoms with Gasteiger partial charge in [0.05, 0.1) is 0 Å². The average molecular weight is 289 g/mol. The topological polar surface area (TPSA) is 41.1 Å². The largest absolute Gasteiger partial charge is 0.389 e. The van der Waals surface area contributed by atoms with Crippen LogP contribution in [-0.2, 0) is 4.79 Å². The lowest BCUT2D eigenvalue weighted by Crippen LogP contribution is -2.42. The molecule has 2 atom stereocenters. The Kier molecular flexibility index (Phi) is 7.62. The van der Waals surface area contributed by atoms with Gasteiger partial charge in [-0.1, -0.05) is 0 Å². The lowest BCUT2D eigenvalue weighted by atomic mass is 9.92. The molecule has 0 aromatic heterocycles. The zero-order valence-electron chi connectivity index (χ0n) is 10.3. The number of carbonyl (C=O) groups is 1. The molecule has 1 saturated heterocycles. The number of piperidine rings is 1. The van der Waals surface area contributed by atoms with Gasteiger partial charge in [0.15, 0.2) is 0 Å². The van der Waals surface area contributed by atoms with Gasteiger partial charge in [0.2, 0.25) is 5.91 Å². The van der Waals surface area contributed by atoms with Gasteiger partial charge >= 0.3 is 6.18 Å². The molecule has 2 N–H and O–H groups in total. The van der Waals surface area contributed by atoms with Crippen LogP contribution < -0.4 is 10.6 Å². The van der Waals surface area contributed by atoms with Crippen LogP contribution in [0.1, 0.15) is 32.6 Å². The zero-order chi connectivity index (χ0) is 12.9. The highest BCUT2D eigenvalue weighted by Gasteiger charge is 2.27. The Labute approximate surface area is 111 Å². The van der Waals surface area contributed by atoms with Crippen molar-refractivity contribution in [2.45, 2.75) is 44.8 Å². The van der Waals surface area contributed by atoms with Crippen molar-refractivity contribution in [1.29, 1.82) is 0 Å². The van der Waals surface area contributed by atoms with E-state index in [1.165, 1.54) is 0 Å². The van der Waals surface area contributed by atoms with Crippen molar-refractivity contribution in [3.63, 3.8) is 0 Å². The maximum atomic E-state index is 11.9. The predicted molar refractivity (Wildman–Crippen MR) is 65.7 cm³/mol. The summed E-state index contributed by atoms with van der Waals surface area (Å²) < 4.78 is 35.6. The van der Waals surface area contributed by atoms with Crippen molar-refractivity contribution in [2.75, 3.05) is 13.1 Å². The Hall–Kier alpha value is -0.490. The van der Waals surface area contributed by atoms with Crippen molar-refractivity contribution in [3.8, 4) is 0 Å². The van der Waals surface area contributed by atoms with Gasteiger partial charge < -0.3 is 10.6 Å². The fourth-order valence-electron chi connectivity index (χ4n) is 2.01. The minimum absolute atomic E-state index is 0. The molecular weight excluding hydrogens is 269 g/mol. The van der Waals surface area contributed by atoms with Crippen LogP contribution in [-0.4, -0.2) is 31.2 Å². The summed E-state index contributed by atoms with van der Waals surface area (Å²) >= 11 is 0. The van der Waals surface area contributed by atoms with Gasteiger partial charge in [-0.2, -0.15) is 13.2 Å². The number of carbonyl (C=O) groups excluding carboxylic acids is 1. The molecule has 0 radical (unpaired) electrons. The van der Waals surface area contributed by atoms with E-state index in [0.717, 1.165) is 19.4 Å². The van der Waals surface area contributed by atoms with Gasteiger partial charge in [0.1, 0.15) is 0 Å². The molecule has 3 nitrogen and oxygen atoms in total. The summed E-state index contributed by atoms with van der Waals surface area (Å²) in [7, 11) is 0. The summed E-state index contributed by atoms with van der Waals surface area (Å²) in [6.07, 6.45) is -3.50.